The van der Waals surface area contributed by atoms with Gasteiger partial charge < -0.3 is 9.80 Å². The van der Waals surface area contributed by atoms with Gasteiger partial charge in [0.25, 0.3) is 0 Å². The summed E-state index contributed by atoms with van der Waals surface area (Å²) in [5.41, 5.74) is 24.8. The van der Waals surface area contributed by atoms with Crippen LogP contribution in [0.5, 0.6) is 0 Å². The highest BCUT2D eigenvalue weighted by molar-refractivity contribution is 6.15. The molecule has 0 heterocycles. The fourth-order valence-electron chi connectivity index (χ4n) is 11.4. The molecule has 1 spiro atoms. The monoisotopic (exact) mass is 834 g/mol. The normalized spacial score (nSPS) is 12.9. The molecule has 312 valence electrons. The standard InChI is InChI=1S/C63H50N2/c1-39-33-49(34-40(2)43(39)5)64(46-19-9-7-10-20-46)48-30-32-51-45(37-48)29-31-56-61-55-26-14-13-25-54(55)60(65(47-21-11-8-12-22-47)50-35-41(3)44(6)42(4)36-50)38-59(61)63(62(51)56)57-27-17-15-23-52(57)53-24-16-18-28-58(53)63/h7-38H,1-6H3. The van der Waals surface area contributed by atoms with Gasteiger partial charge in [-0.1, -0.05) is 127 Å². The topological polar surface area (TPSA) is 6.48 Å². The van der Waals surface area contributed by atoms with Crippen LogP contribution in [-0.4, -0.2) is 0 Å². The molecular weight excluding hydrogens is 785 g/mol. The molecule has 0 N–H and O–H groups in total. The maximum Gasteiger partial charge on any atom is 0.0732 e. The predicted octanol–water partition coefficient (Wildman–Crippen LogP) is 17.1. The third-order valence-electron chi connectivity index (χ3n) is 14.9. The van der Waals surface area contributed by atoms with Gasteiger partial charge in [0.1, 0.15) is 0 Å². The molecule has 65 heavy (non-hydrogen) atoms. The van der Waals surface area contributed by atoms with Gasteiger partial charge in [-0.15, -0.1) is 0 Å². The minimum absolute atomic E-state index is 0.580. The summed E-state index contributed by atoms with van der Waals surface area (Å²) in [6.07, 6.45) is 0. The average molecular weight is 835 g/mol. The van der Waals surface area contributed by atoms with E-state index in [9.17, 15) is 0 Å². The number of fused-ring (bicyclic) bond motifs is 14. The Morgan fingerprint density at radius 2 is 0.815 bits per heavy atom. The lowest BCUT2D eigenvalue weighted by Gasteiger charge is -2.34. The van der Waals surface area contributed by atoms with Crippen molar-refractivity contribution in [2.24, 2.45) is 0 Å². The van der Waals surface area contributed by atoms with Crippen molar-refractivity contribution in [3.8, 4) is 22.3 Å². The largest absolute Gasteiger partial charge is 0.310 e. The SMILES string of the molecule is Cc1cc(N(c2ccccc2)c2ccc3c4c(ccc3c2)-c2c(cc(N(c3ccccc3)c3cc(C)c(C)c(C)c3)c3ccccc23)C42c3ccccc3-c3ccccc32)cc(C)c1C. The molecule has 0 fully saturated rings. The first kappa shape index (κ1) is 39.0. The lowest BCUT2D eigenvalue weighted by atomic mass is 9.69. The molecule has 0 aromatic heterocycles. The van der Waals surface area contributed by atoms with Gasteiger partial charge in [0, 0.05) is 33.8 Å². The molecule has 0 amide bonds. The summed E-state index contributed by atoms with van der Waals surface area (Å²) < 4.78 is 0. The van der Waals surface area contributed by atoms with Gasteiger partial charge in [0.05, 0.1) is 11.1 Å². The summed E-state index contributed by atoms with van der Waals surface area (Å²) >= 11 is 0. The Labute approximate surface area is 382 Å². The van der Waals surface area contributed by atoms with Crippen LogP contribution < -0.4 is 9.80 Å². The van der Waals surface area contributed by atoms with Crippen molar-refractivity contribution in [2.45, 2.75) is 47.0 Å². The Hall–Kier alpha value is -7.68. The van der Waals surface area contributed by atoms with E-state index in [0.29, 0.717) is 0 Å². The van der Waals surface area contributed by atoms with Crippen LogP contribution in [-0.2, 0) is 5.41 Å². The maximum absolute atomic E-state index is 2.56. The van der Waals surface area contributed by atoms with E-state index >= 15 is 0 Å². The summed E-state index contributed by atoms with van der Waals surface area (Å²) in [4.78, 5) is 4.92. The third kappa shape index (κ3) is 5.66. The lowest BCUT2D eigenvalue weighted by Crippen LogP contribution is -2.26. The summed E-state index contributed by atoms with van der Waals surface area (Å²) in [5.74, 6) is 0. The second-order valence-corrected chi connectivity index (χ2v) is 18.3. The van der Waals surface area contributed by atoms with Crippen LogP contribution in [0, 0.1) is 41.5 Å². The van der Waals surface area contributed by atoms with Gasteiger partial charge in [-0.25, -0.2) is 0 Å². The Morgan fingerprint density at radius 3 is 1.40 bits per heavy atom. The molecule has 2 nitrogen and oxygen atoms in total. The molecule has 0 radical (unpaired) electrons. The molecule has 10 aromatic carbocycles. The summed E-state index contributed by atoms with van der Waals surface area (Å²) in [6.45, 7) is 13.4. The highest BCUT2D eigenvalue weighted by atomic mass is 15.1. The number of benzene rings is 10. The summed E-state index contributed by atoms with van der Waals surface area (Å²) in [6, 6.07) is 73.2. The molecule has 0 saturated carbocycles. The molecular formula is C63H50N2. The molecule has 10 aromatic rings. The fourth-order valence-corrected chi connectivity index (χ4v) is 11.4. The van der Waals surface area contributed by atoms with Crippen molar-refractivity contribution in [3.63, 3.8) is 0 Å². The molecule has 2 aliphatic carbocycles. The van der Waals surface area contributed by atoms with Gasteiger partial charge in [-0.3, -0.25) is 0 Å². The van der Waals surface area contributed by atoms with E-state index in [4.69, 9.17) is 0 Å². The zero-order valence-electron chi connectivity index (χ0n) is 37.9. The van der Waals surface area contributed by atoms with E-state index < -0.39 is 5.41 Å². The van der Waals surface area contributed by atoms with Gasteiger partial charge in [0.2, 0.25) is 0 Å². The molecule has 12 rings (SSSR count). The zero-order chi connectivity index (χ0) is 44.1. The van der Waals surface area contributed by atoms with Crippen LogP contribution in [0.4, 0.5) is 34.1 Å². The number of hydrogen-bond donors (Lipinski definition) is 0. The number of aryl methyl sites for hydroxylation is 4. The van der Waals surface area contributed by atoms with Crippen LogP contribution in [0.2, 0.25) is 0 Å². The van der Waals surface area contributed by atoms with Gasteiger partial charge in [-0.2, -0.15) is 0 Å². The predicted molar refractivity (Wildman–Crippen MR) is 276 cm³/mol. The number of nitrogens with zero attached hydrogens (tertiary/aromatic N) is 2. The van der Waals surface area contributed by atoms with E-state index in [1.807, 2.05) is 0 Å². The number of hydrogen-bond acceptors (Lipinski definition) is 2. The molecule has 0 atom stereocenters. The van der Waals surface area contributed by atoms with Crippen LogP contribution in [0.15, 0.2) is 194 Å². The minimum Gasteiger partial charge on any atom is -0.310 e. The van der Waals surface area contributed by atoms with Crippen molar-refractivity contribution in [1.29, 1.82) is 0 Å². The van der Waals surface area contributed by atoms with E-state index in [1.54, 1.807) is 0 Å². The van der Waals surface area contributed by atoms with E-state index in [1.165, 1.54) is 116 Å². The average Bonchev–Trinajstić information content (AvgIpc) is 3.81. The smallest absolute Gasteiger partial charge is 0.0732 e. The third-order valence-corrected chi connectivity index (χ3v) is 14.9. The molecule has 2 aliphatic rings. The van der Waals surface area contributed by atoms with Crippen LogP contribution in [0.1, 0.15) is 55.6 Å². The lowest BCUT2D eigenvalue weighted by molar-refractivity contribution is 0.802. The second kappa shape index (κ2) is 14.7. The van der Waals surface area contributed by atoms with Crippen molar-refractivity contribution in [1.82, 2.24) is 0 Å². The molecule has 0 bridgehead atoms. The first-order valence-electron chi connectivity index (χ1n) is 22.9. The highest BCUT2D eigenvalue weighted by Crippen LogP contribution is 2.66. The zero-order valence-corrected chi connectivity index (χ0v) is 37.9. The van der Waals surface area contributed by atoms with Gasteiger partial charge in [0.15, 0.2) is 0 Å². The first-order chi connectivity index (χ1) is 31.7. The molecule has 0 saturated heterocycles. The quantitative estimate of drug-likeness (QED) is 0.165. The van der Waals surface area contributed by atoms with Crippen molar-refractivity contribution in [2.75, 3.05) is 9.80 Å². The van der Waals surface area contributed by atoms with E-state index in [2.05, 4.69) is 245 Å². The van der Waals surface area contributed by atoms with Crippen LogP contribution >= 0.6 is 0 Å². The number of rotatable bonds is 6. The molecule has 2 heteroatoms. The number of para-hydroxylation sites is 2. The highest BCUT2D eigenvalue weighted by Gasteiger charge is 2.53. The summed E-state index contributed by atoms with van der Waals surface area (Å²) in [5, 5.41) is 4.98. The van der Waals surface area contributed by atoms with Crippen molar-refractivity contribution < 1.29 is 0 Å². The van der Waals surface area contributed by atoms with Gasteiger partial charge in [-0.05, 0) is 202 Å². The fraction of sp³-hybridized carbons (Fsp3) is 0.111. The van der Waals surface area contributed by atoms with E-state index in [0.717, 1.165) is 17.1 Å². The minimum atomic E-state index is -0.580. The number of anilines is 6. The Balaban J connectivity index is 1.18. The van der Waals surface area contributed by atoms with E-state index in [-0.39, 0.29) is 0 Å². The van der Waals surface area contributed by atoms with Crippen LogP contribution in [0.25, 0.3) is 43.8 Å². The summed E-state index contributed by atoms with van der Waals surface area (Å²) in [7, 11) is 0. The van der Waals surface area contributed by atoms with Crippen LogP contribution in [0.3, 0.4) is 0 Å². The molecule has 0 unspecified atom stereocenters. The molecule has 0 aliphatic heterocycles. The Bertz CT molecular complexity index is 3470. The maximum atomic E-state index is 2.56. The Kier molecular flexibility index (Phi) is 8.80. The Morgan fingerprint density at radius 1 is 0.323 bits per heavy atom. The second-order valence-electron chi connectivity index (χ2n) is 18.3. The van der Waals surface area contributed by atoms with Crippen molar-refractivity contribution in [3.05, 3.63) is 250 Å². The van der Waals surface area contributed by atoms with Gasteiger partial charge >= 0.3 is 0 Å². The first-order valence-corrected chi connectivity index (χ1v) is 22.9. The van der Waals surface area contributed by atoms with Crippen molar-refractivity contribution >= 4 is 55.7 Å².